The molecular formula is C16H22F2N2O2. The van der Waals surface area contributed by atoms with Crippen molar-refractivity contribution in [3.8, 4) is 5.75 Å². The molecule has 0 aromatic heterocycles. The summed E-state index contributed by atoms with van der Waals surface area (Å²) in [5.41, 5.74) is 6.22. The third-order valence-corrected chi connectivity index (χ3v) is 4.15. The van der Waals surface area contributed by atoms with Gasteiger partial charge in [-0.25, -0.2) is 0 Å². The minimum Gasteiger partial charge on any atom is -0.435 e. The Bertz CT molecular complexity index is 499. The molecule has 1 saturated carbocycles. The van der Waals surface area contributed by atoms with Crippen molar-refractivity contribution in [3.63, 3.8) is 0 Å². The van der Waals surface area contributed by atoms with Crippen LogP contribution in [0, 0.1) is 0 Å². The first-order valence-electron chi connectivity index (χ1n) is 7.55. The smallest absolute Gasteiger partial charge is 0.387 e. The van der Waals surface area contributed by atoms with Gasteiger partial charge in [-0.2, -0.15) is 8.78 Å². The van der Waals surface area contributed by atoms with Crippen molar-refractivity contribution >= 4 is 5.91 Å². The van der Waals surface area contributed by atoms with Crippen molar-refractivity contribution in [2.45, 2.75) is 57.2 Å². The van der Waals surface area contributed by atoms with Crippen molar-refractivity contribution in [1.29, 1.82) is 0 Å². The minimum atomic E-state index is -2.84. The van der Waals surface area contributed by atoms with Gasteiger partial charge in [-0.3, -0.25) is 4.79 Å². The molecular weight excluding hydrogens is 290 g/mol. The lowest BCUT2D eigenvalue weighted by molar-refractivity contribution is -0.128. The molecule has 1 fully saturated rings. The molecule has 22 heavy (non-hydrogen) atoms. The molecule has 0 saturated heterocycles. The molecule has 1 atom stereocenters. The van der Waals surface area contributed by atoms with E-state index in [-0.39, 0.29) is 17.7 Å². The highest BCUT2D eigenvalue weighted by Gasteiger charge is 2.35. The molecule has 0 bridgehead atoms. The number of ether oxygens (including phenoxy) is 1. The van der Waals surface area contributed by atoms with Crippen molar-refractivity contribution in [3.05, 3.63) is 29.8 Å². The zero-order valence-electron chi connectivity index (χ0n) is 12.6. The summed E-state index contributed by atoms with van der Waals surface area (Å²) in [6.45, 7) is -1.00. The van der Waals surface area contributed by atoms with E-state index in [4.69, 9.17) is 5.73 Å². The fraction of sp³-hybridized carbons (Fsp3) is 0.562. The Hall–Kier alpha value is -1.69. The van der Waals surface area contributed by atoms with Crippen molar-refractivity contribution in [2.75, 3.05) is 0 Å². The number of halogens is 2. The first-order chi connectivity index (χ1) is 10.4. The molecule has 6 heteroatoms. The fourth-order valence-electron chi connectivity index (χ4n) is 2.77. The van der Waals surface area contributed by atoms with E-state index in [0.717, 1.165) is 24.8 Å². The quantitative estimate of drug-likeness (QED) is 0.878. The monoisotopic (exact) mass is 312 g/mol. The number of carbonyl (C=O) groups excluding carboxylic acids is 1. The molecule has 0 radical (unpaired) electrons. The third kappa shape index (κ3) is 4.16. The maximum Gasteiger partial charge on any atom is 0.387 e. The molecule has 1 aliphatic carbocycles. The van der Waals surface area contributed by atoms with Gasteiger partial charge >= 0.3 is 6.61 Å². The molecule has 1 amide bonds. The summed E-state index contributed by atoms with van der Waals surface area (Å²) >= 11 is 0. The number of amides is 1. The summed E-state index contributed by atoms with van der Waals surface area (Å²) < 4.78 is 28.5. The summed E-state index contributed by atoms with van der Waals surface area (Å²) in [5, 5.41) is 2.91. The SMILES string of the molecule is CC(NC(=O)C1(N)CCCCC1)c1ccc(OC(F)F)cc1. The Kier molecular flexibility index (Phi) is 5.34. The first-order valence-corrected chi connectivity index (χ1v) is 7.55. The van der Waals surface area contributed by atoms with E-state index >= 15 is 0 Å². The molecule has 0 heterocycles. The normalized spacial score (nSPS) is 18.8. The lowest BCUT2D eigenvalue weighted by Gasteiger charge is -2.33. The summed E-state index contributed by atoms with van der Waals surface area (Å²) in [5.74, 6) is -0.0486. The Balaban J connectivity index is 1.96. The molecule has 1 aromatic rings. The molecule has 1 aliphatic rings. The predicted molar refractivity (Wildman–Crippen MR) is 79.6 cm³/mol. The molecule has 0 aliphatic heterocycles. The number of carbonyl (C=O) groups is 1. The number of rotatable bonds is 5. The van der Waals surface area contributed by atoms with Crippen LogP contribution in [0.5, 0.6) is 5.75 Å². The summed E-state index contributed by atoms with van der Waals surface area (Å²) in [7, 11) is 0. The largest absolute Gasteiger partial charge is 0.435 e. The van der Waals surface area contributed by atoms with Crippen LogP contribution in [-0.2, 0) is 4.79 Å². The maximum atomic E-state index is 12.4. The third-order valence-electron chi connectivity index (χ3n) is 4.15. The van der Waals surface area contributed by atoms with Crippen LogP contribution in [0.15, 0.2) is 24.3 Å². The zero-order valence-corrected chi connectivity index (χ0v) is 12.6. The standard InChI is InChI=1S/C16H22F2N2O2/c1-11(12-5-7-13(8-6-12)22-15(17)18)20-14(21)16(19)9-3-2-4-10-16/h5-8,11,15H,2-4,9-10,19H2,1H3,(H,20,21). The highest BCUT2D eigenvalue weighted by atomic mass is 19.3. The van der Waals surface area contributed by atoms with E-state index in [1.54, 1.807) is 12.1 Å². The molecule has 3 N–H and O–H groups in total. The van der Waals surface area contributed by atoms with Crippen LogP contribution in [-0.4, -0.2) is 18.1 Å². The fourth-order valence-corrected chi connectivity index (χ4v) is 2.77. The predicted octanol–water partition coefficient (Wildman–Crippen LogP) is 3.13. The lowest BCUT2D eigenvalue weighted by atomic mass is 9.81. The van der Waals surface area contributed by atoms with Crippen LogP contribution in [0.4, 0.5) is 8.78 Å². The maximum absolute atomic E-state index is 12.4. The number of alkyl halides is 2. The van der Waals surface area contributed by atoms with Gasteiger partial charge in [0.25, 0.3) is 0 Å². The molecule has 2 rings (SSSR count). The van der Waals surface area contributed by atoms with Crippen LogP contribution in [0.1, 0.15) is 50.6 Å². The average molecular weight is 312 g/mol. The first kappa shape index (κ1) is 16.7. The number of hydrogen-bond donors (Lipinski definition) is 2. The van der Waals surface area contributed by atoms with Gasteiger partial charge in [0.2, 0.25) is 5.91 Å². The van der Waals surface area contributed by atoms with Gasteiger partial charge in [-0.15, -0.1) is 0 Å². The molecule has 1 unspecified atom stereocenters. The van der Waals surface area contributed by atoms with Crippen molar-refractivity contribution in [1.82, 2.24) is 5.32 Å². The summed E-state index contributed by atoms with van der Waals surface area (Å²) in [6, 6.07) is 6.00. The van der Waals surface area contributed by atoms with E-state index < -0.39 is 12.2 Å². The Morgan fingerprint density at radius 3 is 2.36 bits per heavy atom. The molecule has 0 spiro atoms. The van der Waals surface area contributed by atoms with E-state index in [0.29, 0.717) is 12.8 Å². The number of nitrogens with two attached hydrogens (primary N) is 1. The van der Waals surface area contributed by atoms with Crippen LogP contribution in [0.25, 0.3) is 0 Å². The van der Waals surface area contributed by atoms with Gasteiger partial charge in [0.05, 0.1) is 11.6 Å². The van der Waals surface area contributed by atoms with E-state index in [1.807, 2.05) is 6.92 Å². The second-order valence-corrected chi connectivity index (χ2v) is 5.86. The van der Waals surface area contributed by atoms with Gasteiger partial charge in [0, 0.05) is 0 Å². The van der Waals surface area contributed by atoms with Crippen LogP contribution >= 0.6 is 0 Å². The highest BCUT2D eigenvalue weighted by molar-refractivity contribution is 5.86. The zero-order chi connectivity index (χ0) is 16.2. The number of hydrogen-bond acceptors (Lipinski definition) is 3. The van der Waals surface area contributed by atoms with Crippen LogP contribution in [0.2, 0.25) is 0 Å². The second kappa shape index (κ2) is 7.05. The van der Waals surface area contributed by atoms with Gasteiger partial charge in [-0.1, -0.05) is 31.4 Å². The second-order valence-electron chi connectivity index (χ2n) is 5.86. The van der Waals surface area contributed by atoms with E-state index in [1.165, 1.54) is 12.1 Å². The van der Waals surface area contributed by atoms with Crippen LogP contribution in [0.3, 0.4) is 0 Å². The highest BCUT2D eigenvalue weighted by Crippen LogP contribution is 2.27. The van der Waals surface area contributed by atoms with Gasteiger partial charge < -0.3 is 15.8 Å². The lowest BCUT2D eigenvalue weighted by Crippen LogP contribution is -2.55. The molecule has 122 valence electrons. The van der Waals surface area contributed by atoms with E-state index in [2.05, 4.69) is 10.1 Å². The number of nitrogens with one attached hydrogen (secondary N) is 1. The van der Waals surface area contributed by atoms with Crippen molar-refractivity contribution < 1.29 is 18.3 Å². The topological polar surface area (TPSA) is 64.4 Å². The Labute approximate surface area is 129 Å². The molecule has 1 aromatic carbocycles. The van der Waals surface area contributed by atoms with E-state index in [9.17, 15) is 13.6 Å². The number of benzene rings is 1. The minimum absolute atomic E-state index is 0.0971. The summed E-state index contributed by atoms with van der Waals surface area (Å²) in [4.78, 5) is 12.4. The van der Waals surface area contributed by atoms with Crippen LogP contribution < -0.4 is 15.8 Å². The van der Waals surface area contributed by atoms with Gasteiger partial charge in [-0.05, 0) is 37.5 Å². The molecule has 4 nitrogen and oxygen atoms in total. The van der Waals surface area contributed by atoms with Gasteiger partial charge in [0.15, 0.2) is 0 Å². The average Bonchev–Trinajstić information content (AvgIpc) is 2.48. The Morgan fingerprint density at radius 1 is 1.23 bits per heavy atom. The van der Waals surface area contributed by atoms with Crippen molar-refractivity contribution in [2.24, 2.45) is 5.73 Å². The summed E-state index contributed by atoms with van der Waals surface area (Å²) in [6.07, 6.45) is 4.46. The van der Waals surface area contributed by atoms with Gasteiger partial charge in [0.1, 0.15) is 5.75 Å². The Morgan fingerprint density at radius 2 is 1.82 bits per heavy atom.